The van der Waals surface area contributed by atoms with Gasteiger partial charge in [-0.25, -0.2) is 0 Å². The Morgan fingerprint density at radius 2 is 1.82 bits per heavy atom. The highest BCUT2D eigenvalue weighted by Gasteiger charge is 2.36. The van der Waals surface area contributed by atoms with E-state index in [0.29, 0.717) is 12.3 Å². The van der Waals surface area contributed by atoms with Gasteiger partial charge in [0.25, 0.3) is 5.91 Å². The molecule has 1 unspecified atom stereocenters. The molecule has 6 heteroatoms. The molecule has 1 atom stereocenters. The molecule has 0 spiro atoms. The Balaban J connectivity index is 1.56. The number of amides is 2. The molecule has 34 heavy (non-hydrogen) atoms. The van der Waals surface area contributed by atoms with Crippen LogP contribution in [0.2, 0.25) is 0 Å². The second-order valence-electron chi connectivity index (χ2n) is 9.88. The lowest BCUT2D eigenvalue weighted by atomic mass is 9.86. The summed E-state index contributed by atoms with van der Waals surface area (Å²) in [5.41, 5.74) is 4.66. The summed E-state index contributed by atoms with van der Waals surface area (Å²) in [5.74, 6) is 0.946. The number of nitrogens with one attached hydrogen (secondary N) is 1. The Hall–Kier alpha value is -2.86. The fourth-order valence-electron chi connectivity index (χ4n) is 5.05. The Morgan fingerprint density at radius 3 is 2.53 bits per heavy atom. The van der Waals surface area contributed by atoms with Crippen LogP contribution in [0.1, 0.15) is 54.0 Å². The van der Waals surface area contributed by atoms with Crippen LogP contribution in [-0.2, 0) is 16.0 Å². The first-order chi connectivity index (χ1) is 16.4. The van der Waals surface area contributed by atoms with Gasteiger partial charge >= 0.3 is 0 Å². The summed E-state index contributed by atoms with van der Waals surface area (Å²) >= 11 is 0. The third-order valence-corrected chi connectivity index (χ3v) is 6.98. The van der Waals surface area contributed by atoms with Gasteiger partial charge in [-0.05, 0) is 69.1 Å². The lowest BCUT2D eigenvalue weighted by molar-refractivity contribution is -0.137. The van der Waals surface area contributed by atoms with Gasteiger partial charge in [-0.3, -0.25) is 9.59 Å². The van der Waals surface area contributed by atoms with Crippen molar-refractivity contribution >= 4 is 11.8 Å². The number of hydrogen-bond donors (Lipinski definition) is 1. The van der Waals surface area contributed by atoms with Crippen molar-refractivity contribution in [2.45, 2.75) is 45.1 Å². The van der Waals surface area contributed by atoms with E-state index in [0.717, 1.165) is 56.3 Å². The van der Waals surface area contributed by atoms with Gasteiger partial charge in [0.2, 0.25) is 5.91 Å². The first-order valence-electron chi connectivity index (χ1n) is 12.5. The van der Waals surface area contributed by atoms with Crippen molar-refractivity contribution in [3.05, 3.63) is 64.7 Å². The monoisotopic (exact) mass is 463 g/mol. The fourth-order valence-corrected chi connectivity index (χ4v) is 5.05. The Morgan fingerprint density at radius 1 is 1.09 bits per heavy atom. The van der Waals surface area contributed by atoms with Crippen LogP contribution in [0.3, 0.4) is 0 Å². The maximum atomic E-state index is 13.5. The van der Waals surface area contributed by atoms with Crippen molar-refractivity contribution in [1.82, 2.24) is 15.1 Å². The molecule has 1 heterocycles. The highest BCUT2D eigenvalue weighted by atomic mass is 16.5. The van der Waals surface area contributed by atoms with Gasteiger partial charge in [-0.2, -0.15) is 0 Å². The molecule has 1 N–H and O–H groups in total. The lowest BCUT2D eigenvalue weighted by Crippen LogP contribution is -2.43. The van der Waals surface area contributed by atoms with Crippen LogP contribution in [0.4, 0.5) is 0 Å². The second kappa shape index (κ2) is 11.0. The zero-order valence-electron chi connectivity index (χ0n) is 20.7. The molecule has 1 fully saturated rings. The summed E-state index contributed by atoms with van der Waals surface area (Å²) in [5, 5.41) is 2.88. The van der Waals surface area contributed by atoms with Crippen molar-refractivity contribution in [2.75, 3.05) is 40.3 Å². The quantitative estimate of drug-likeness (QED) is 0.648. The van der Waals surface area contributed by atoms with Crippen LogP contribution in [0.25, 0.3) is 0 Å². The van der Waals surface area contributed by atoms with Crippen LogP contribution in [0.15, 0.2) is 42.5 Å². The fraction of sp³-hybridized carbons (Fsp3) is 0.500. The van der Waals surface area contributed by atoms with E-state index in [1.165, 1.54) is 11.1 Å². The van der Waals surface area contributed by atoms with E-state index in [9.17, 15) is 9.59 Å². The molecule has 1 aliphatic carbocycles. The number of aryl methyl sites for hydroxylation is 1. The minimum absolute atomic E-state index is 0.0217. The van der Waals surface area contributed by atoms with E-state index in [2.05, 4.69) is 47.5 Å². The second-order valence-corrected chi connectivity index (χ2v) is 9.88. The number of ether oxygens (including phenoxy) is 1. The predicted molar refractivity (Wildman–Crippen MR) is 134 cm³/mol. The van der Waals surface area contributed by atoms with Gasteiger partial charge in [0.15, 0.2) is 6.61 Å². The van der Waals surface area contributed by atoms with Gasteiger partial charge in [-0.1, -0.05) is 48.7 Å². The van der Waals surface area contributed by atoms with Crippen LogP contribution in [0, 0.1) is 12.8 Å². The van der Waals surface area contributed by atoms with E-state index in [1.54, 1.807) is 0 Å². The number of carbonyl (C=O) groups excluding carboxylic acids is 2. The van der Waals surface area contributed by atoms with Crippen molar-refractivity contribution in [3.8, 4) is 5.75 Å². The third-order valence-electron chi connectivity index (χ3n) is 6.98. The molecule has 2 amide bonds. The number of hydrogen-bond acceptors (Lipinski definition) is 4. The maximum absolute atomic E-state index is 13.5. The van der Waals surface area contributed by atoms with E-state index < -0.39 is 0 Å². The summed E-state index contributed by atoms with van der Waals surface area (Å²) in [6.45, 7) is 4.16. The van der Waals surface area contributed by atoms with Gasteiger partial charge in [-0.15, -0.1) is 0 Å². The number of fused-ring (bicyclic) bond motifs is 1. The molecule has 182 valence electrons. The van der Waals surface area contributed by atoms with Crippen LogP contribution in [0.5, 0.6) is 5.75 Å². The third kappa shape index (κ3) is 5.79. The summed E-state index contributed by atoms with van der Waals surface area (Å²) in [4.78, 5) is 29.8. The number of carbonyl (C=O) groups is 2. The normalized spacial score (nSPS) is 18.1. The van der Waals surface area contributed by atoms with Gasteiger partial charge in [0.1, 0.15) is 5.75 Å². The standard InChI is InChI=1S/C28H37N3O3/c1-20-8-10-22(11-9-20)27-25-18-24(34-19-26(32)29-15-17-30(2)3)13-12-21(25)14-16-31(27)28(33)23-6-4-5-7-23/h8-13,18,23,27H,4-7,14-17,19H2,1-3H3,(H,29,32). The topological polar surface area (TPSA) is 61.9 Å². The molecule has 6 nitrogen and oxygen atoms in total. The minimum atomic E-state index is -0.132. The Labute approximate surface area is 203 Å². The van der Waals surface area contributed by atoms with Crippen molar-refractivity contribution in [2.24, 2.45) is 5.92 Å². The molecule has 4 rings (SSSR count). The largest absolute Gasteiger partial charge is 0.484 e. The number of likely N-dealkylation sites (N-methyl/N-ethyl adjacent to an activating group) is 1. The average molecular weight is 464 g/mol. The molecule has 2 aromatic carbocycles. The molecule has 0 bridgehead atoms. The number of rotatable bonds is 8. The molecule has 0 radical (unpaired) electrons. The van der Waals surface area contributed by atoms with Gasteiger partial charge in [0.05, 0.1) is 6.04 Å². The molecule has 2 aliphatic rings. The van der Waals surface area contributed by atoms with Crippen LogP contribution >= 0.6 is 0 Å². The number of benzene rings is 2. The highest BCUT2D eigenvalue weighted by molar-refractivity contribution is 5.80. The summed E-state index contributed by atoms with van der Waals surface area (Å²) in [7, 11) is 3.95. The minimum Gasteiger partial charge on any atom is -0.484 e. The molecule has 2 aromatic rings. The maximum Gasteiger partial charge on any atom is 0.257 e. The smallest absolute Gasteiger partial charge is 0.257 e. The summed E-state index contributed by atoms with van der Waals surface area (Å²) in [6.07, 6.45) is 5.11. The van der Waals surface area contributed by atoms with E-state index in [-0.39, 0.29) is 30.4 Å². The predicted octanol–water partition coefficient (Wildman–Crippen LogP) is 3.72. The Bertz CT molecular complexity index is 996. The van der Waals surface area contributed by atoms with E-state index in [1.807, 2.05) is 31.1 Å². The van der Waals surface area contributed by atoms with E-state index >= 15 is 0 Å². The first-order valence-corrected chi connectivity index (χ1v) is 12.5. The molecule has 1 saturated carbocycles. The van der Waals surface area contributed by atoms with Gasteiger partial charge in [0, 0.05) is 25.6 Å². The zero-order valence-corrected chi connectivity index (χ0v) is 20.7. The summed E-state index contributed by atoms with van der Waals surface area (Å²) < 4.78 is 5.86. The summed E-state index contributed by atoms with van der Waals surface area (Å²) in [6, 6.07) is 14.4. The van der Waals surface area contributed by atoms with Crippen molar-refractivity contribution in [1.29, 1.82) is 0 Å². The first kappa shape index (κ1) is 24.3. The molecule has 1 aliphatic heterocycles. The molecule has 0 aromatic heterocycles. The van der Waals surface area contributed by atoms with E-state index in [4.69, 9.17) is 4.74 Å². The lowest BCUT2D eigenvalue weighted by Gasteiger charge is -2.39. The van der Waals surface area contributed by atoms with Crippen LogP contribution in [-0.4, -0.2) is 62.0 Å². The van der Waals surface area contributed by atoms with Crippen molar-refractivity contribution < 1.29 is 14.3 Å². The highest BCUT2D eigenvalue weighted by Crippen LogP contribution is 2.39. The zero-order chi connectivity index (χ0) is 24.1. The average Bonchev–Trinajstić information content (AvgIpc) is 3.37. The molecular formula is C28H37N3O3. The van der Waals surface area contributed by atoms with Crippen molar-refractivity contribution in [3.63, 3.8) is 0 Å². The molecular weight excluding hydrogens is 426 g/mol. The van der Waals surface area contributed by atoms with Crippen LogP contribution < -0.4 is 10.1 Å². The van der Waals surface area contributed by atoms with Gasteiger partial charge < -0.3 is 19.9 Å². The molecule has 0 saturated heterocycles. The Kier molecular flexibility index (Phi) is 7.88. The SMILES string of the molecule is Cc1ccc(C2c3cc(OCC(=O)NCCN(C)C)ccc3CCN2C(=O)C2CCCC2)cc1. The number of nitrogens with zero attached hydrogens (tertiary/aromatic N) is 2.